The molecule has 0 radical (unpaired) electrons. The summed E-state index contributed by atoms with van der Waals surface area (Å²) in [6.07, 6.45) is 4.03. The Morgan fingerprint density at radius 2 is 2.33 bits per heavy atom. The lowest BCUT2D eigenvalue weighted by Gasteiger charge is -2.19. The van der Waals surface area contributed by atoms with Crippen molar-refractivity contribution in [2.24, 2.45) is 0 Å². The van der Waals surface area contributed by atoms with Crippen LogP contribution in [-0.2, 0) is 0 Å². The van der Waals surface area contributed by atoms with Crippen molar-refractivity contribution < 1.29 is 4.79 Å². The zero-order valence-corrected chi connectivity index (χ0v) is 10.6. The fraction of sp³-hybridized carbons (Fsp3) is 0.538. The third kappa shape index (κ3) is 3.43. The van der Waals surface area contributed by atoms with E-state index in [4.69, 9.17) is 0 Å². The summed E-state index contributed by atoms with van der Waals surface area (Å²) in [6.45, 7) is 4.65. The molecular weight excluding hydrogens is 230 g/mol. The molecule has 0 aromatic carbocycles. The van der Waals surface area contributed by atoms with Crippen LogP contribution < -0.4 is 10.9 Å². The largest absolute Gasteiger partial charge is 0.351 e. The normalized spacial score (nSPS) is 14.8. The molecule has 0 aliphatic heterocycles. The molecule has 1 aromatic heterocycles. The van der Waals surface area contributed by atoms with E-state index in [1.54, 1.807) is 6.07 Å². The number of H-pyrrole nitrogens is 1. The summed E-state index contributed by atoms with van der Waals surface area (Å²) >= 11 is 0. The van der Waals surface area contributed by atoms with E-state index in [1.807, 2.05) is 0 Å². The van der Waals surface area contributed by atoms with Crippen molar-refractivity contribution in [3.8, 4) is 0 Å². The van der Waals surface area contributed by atoms with Gasteiger partial charge in [-0.3, -0.25) is 14.5 Å². The Labute approximate surface area is 106 Å². The van der Waals surface area contributed by atoms with Crippen LogP contribution in [0.15, 0.2) is 23.1 Å². The number of likely N-dealkylation sites (N-methyl/N-ethyl adjacent to an activating group) is 1. The second kappa shape index (κ2) is 5.82. The minimum Gasteiger partial charge on any atom is -0.351 e. The molecule has 5 heteroatoms. The summed E-state index contributed by atoms with van der Waals surface area (Å²) < 4.78 is 0. The molecule has 0 saturated heterocycles. The first kappa shape index (κ1) is 12.8. The van der Waals surface area contributed by atoms with Gasteiger partial charge < -0.3 is 10.3 Å². The number of carbonyl (C=O) groups is 1. The first-order valence-corrected chi connectivity index (χ1v) is 6.41. The Kier molecular flexibility index (Phi) is 4.15. The maximum atomic E-state index is 11.8. The van der Waals surface area contributed by atoms with E-state index in [2.05, 4.69) is 22.1 Å². The van der Waals surface area contributed by atoms with E-state index in [0.717, 1.165) is 13.1 Å². The summed E-state index contributed by atoms with van der Waals surface area (Å²) in [5, 5.41) is 2.84. The predicted octanol–water partition coefficient (Wildman–Crippen LogP) is 0.589. The summed E-state index contributed by atoms with van der Waals surface area (Å²) in [6, 6.07) is 3.63. The van der Waals surface area contributed by atoms with E-state index in [0.29, 0.717) is 18.2 Å². The smallest absolute Gasteiger partial charge is 0.251 e. The number of amides is 1. The molecule has 0 spiro atoms. The minimum absolute atomic E-state index is 0.187. The van der Waals surface area contributed by atoms with Crippen molar-refractivity contribution in [1.29, 1.82) is 0 Å². The third-order valence-corrected chi connectivity index (χ3v) is 3.19. The summed E-state index contributed by atoms with van der Waals surface area (Å²) in [5.74, 6) is -0.187. The molecule has 2 rings (SSSR count). The van der Waals surface area contributed by atoms with E-state index in [9.17, 15) is 9.59 Å². The van der Waals surface area contributed by atoms with Gasteiger partial charge in [0.1, 0.15) is 0 Å². The van der Waals surface area contributed by atoms with E-state index < -0.39 is 0 Å². The van der Waals surface area contributed by atoms with Gasteiger partial charge in [-0.2, -0.15) is 0 Å². The highest BCUT2D eigenvalue weighted by molar-refractivity contribution is 5.93. The molecule has 1 aromatic rings. The Balaban J connectivity index is 1.79. The minimum atomic E-state index is -0.254. The maximum Gasteiger partial charge on any atom is 0.251 e. The molecule has 0 unspecified atom stereocenters. The standard InChI is InChI=1S/C13H19N3O2/c1-2-16(11-3-4-11)8-7-15-13(18)10-5-6-14-12(17)9-10/h5-6,9,11H,2-4,7-8H2,1H3,(H,14,17)(H,15,18). The van der Waals surface area contributed by atoms with Crippen LogP contribution in [0.2, 0.25) is 0 Å². The van der Waals surface area contributed by atoms with Crippen molar-refractivity contribution in [1.82, 2.24) is 15.2 Å². The highest BCUT2D eigenvalue weighted by atomic mass is 16.2. The molecule has 1 aliphatic rings. The summed E-state index contributed by atoms with van der Waals surface area (Å²) in [5.41, 5.74) is 0.157. The monoisotopic (exact) mass is 249 g/mol. The fourth-order valence-electron chi connectivity index (χ4n) is 2.04. The van der Waals surface area contributed by atoms with Gasteiger partial charge in [0.15, 0.2) is 0 Å². The van der Waals surface area contributed by atoms with Crippen LogP contribution in [0.1, 0.15) is 30.1 Å². The number of nitrogens with one attached hydrogen (secondary N) is 2. The molecule has 1 amide bonds. The van der Waals surface area contributed by atoms with Gasteiger partial charge in [-0.05, 0) is 25.5 Å². The van der Waals surface area contributed by atoms with Gasteiger partial charge in [-0.1, -0.05) is 6.92 Å². The Bertz CT molecular complexity index is 465. The molecule has 2 N–H and O–H groups in total. The van der Waals surface area contributed by atoms with Gasteiger partial charge in [-0.15, -0.1) is 0 Å². The van der Waals surface area contributed by atoms with Crippen molar-refractivity contribution in [3.63, 3.8) is 0 Å². The molecule has 1 fully saturated rings. The summed E-state index contributed by atoms with van der Waals surface area (Å²) in [7, 11) is 0. The van der Waals surface area contributed by atoms with Crippen LogP contribution in [0.5, 0.6) is 0 Å². The van der Waals surface area contributed by atoms with Gasteiger partial charge in [-0.25, -0.2) is 0 Å². The first-order valence-electron chi connectivity index (χ1n) is 6.41. The molecule has 0 bridgehead atoms. The number of rotatable bonds is 6. The molecule has 0 atom stereocenters. The molecule has 1 saturated carbocycles. The quantitative estimate of drug-likeness (QED) is 0.775. The third-order valence-electron chi connectivity index (χ3n) is 3.19. The molecule has 1 aliphatic carbocycles. The topological polar surface area (TPSA) is 65.2 Å². The van der Waals surface area contributed by atoms with Crippen molar-refractivity contribution in [2.45, 2.75) is 25.8 Å². The molecular formula is C13H19N3O2. The van der Waals surface area contributed by atoms with E-state index >= 15 is 0 Å². The number of pyridine rings is 1. The lowest BCUT2D eigenvalue weighted by atomic mass is 10.2. The van der Waals surface area contributed by atoms with Crippen LogP contribution in [-0.4, -0.2) is 41.5 Å². The Hall–Kier alpha value is -1.62. The number of hydrogen-bond donors (Lipinski definition) is 2. The van der Waals surface area contributed by atoms with Gasteiger partial charge in [0.25, 0.3) is 5.91 Å². The van der Waals surface area contributed by atoms with Crippen molar-refractivity contribution in [2.75, 3.05) is 19.6 Å². The molecule has 1 heterocycles. The highest BCUT2D eigenvalue weighted by Gasteiger charge is 2.27. The Morgan fingerprint density at radius 1 is 1.56 bits per heavy atom. The zero-order chi connectivity index (χ0) is 13.0. The van der Waals surface area contributed by atoms with Gasteiger partial charge in [0.2, 0.25) is 5.56 Å². The van der Waals surface area contributed by atoms with Gasteiger partial charge in [0.05, 0.1) is 0 Å². The van der Waals surface area contributed by atoms with E-state index in [1.165, 1.54) is 25.1 Å². The Morgan fingerprint density at radius 3 is 2.94 bits per heavy atom. The predicted molar refractivity (Wildman–Crippen MR) is 69.7 cm³/mol. The van der Waals surface area contributed by atoms with E-state index in [-0.39, 0.29) is 11.5 Å². The highest BCUT2D eigenvalue weighted by Crippen LogP contribution is 2.25. The van der Waals surface area contributed by atoms with Crippen LogP contribution >= 0.6 is 0 Å². The lowest BCUT2D eigenvalue weighted by Crippen LogP contribution is -2.36. The molecule has 18 heavy (non-hydrogen) atoms. The lowest BCUT2D eigenvalue weighted by molar-refractivity contribution is 0.0947. The fourth-order valence-corrected chi connectivity index (χ4v) is 2.04. The van der Waals surface area contributed by atoms with Crippen LogP contribution in [0.3, 0.4) is 0 Å². The summed E-state index contributed by atoms with van der Waals surface area (Å²) in [4.78, 5) is 27.7. The maximum absolute atomic E-state index is 11.8. The van der Waals surface area contributed by atoms with Gasteiger partial charge in [0, 0.05) is 37.0 Å². The van der Waals surface area contributed by atoms with Crippen molar-refractivity contribution in [3.05, 3.63) is 34.2 Å². The van der Waals surface area contributed by atoms with Crippen LogP contribution in [0.4, 0.5) is 0 Å². The van der Waals surface area contributed by atoms with Crippen LogP contribution in [0.25, 0.3) is 0 Å². The average molecular weight is 249 g/mol. The second-order valence-electron chi connectivity index (χ2n) is 4.56. The number of nitrogens with zero attached hydrogens (tertiary/aromatic N) is 1. The molecule has 98 valence electrons. The first-order chi connectivity index (χ1) is 8.70. The number of aromatic nitrogens is 1. The number of carbonyl (C=O) groups excluding carboxylic acids is 1. The second-order valence-corrected chi connectivity index (χ2v) is 4.56. The SMILES string of the molecule is CCN(CCNC(=O)c1cc[nH]c(=O)c1)C1CC1. The van der Waals surface area contributed by atoms with Crippen molar-refractivity contribution >= 4 is 5.91 Å². The zero-order valence-electron chi connectivity index (χ0n) is 10.6. The average Bonchev–Trinajstić information content (AvgIpc) is 3.18. The van der Waals surface area contributed by atoms with Crippen LogP contribution in [0, 0.1) is 0 Å². The molecule has 5 nitrogen and oxygen atoms in total. The van der Waals surface area contributed by atoms with Gasteiger partial charge >= 0.3 is 0 Å². The number of aromatic amines is 1. The number of hydrogen-bond acceptors (Lipinski definition) is 3.